The number of alkyl halides is 3. The molecular formula is C31H30F3N3O6S. The molecule has 0 saturated heterocycles. The van der Waals surface area contributed by atoms with Gasteiger partial charge in [0.05, 0.1) is 23.6 Å². The molecule has 0 atom stereocenters. The van der Waals surface area contributed by atoms with Crippen LogP contribution in [0.1, 0.15) is 28.1 Å². The number of carboxylic acids is 1. The second-order valence-corrected chi connectivity index (χ2v) is 11.7. The van der Waals surface area contributed by atoms with Gasteiger partial charge in [-0.25, -0.2) is 4.98 Å². The number of carbonyl (C=O) groups is 1. The van der Waals surface area contributed by atoms with Crippen molar-refractivity contribution in [2.45, 2.75) is 26.1 Å². The maximum absolute atomic E-state index is 13.4. The van der Waals surface area contributed by atoms with E-state index in [4.69, 9.17) is 9.15 Å². The van der Waals surface area contributed by atoms with Gasteiger partial charge in [0.1, 0.15) is 18.1 Å². The highest BCUT2D eigenvalue weighted by molar-refractivity contribution is 7.90. The molecule has 1 heterocycles. The maximum Gasteiger partial charge on any atom is 0.416 e. The van der Waals surface area contributed by atoms with Crippen LogP contribution in [0.3, 0.4) is 0 Å². The summed E-state index contributed by atoms with van der Waals surface area (Å²) < 4.78 is 78.9. The van der Waals surface area contributed by atoms with Crippen molar-refractivity contribution in [2.75, 3.05) is 24.5 Å². The van der Waals surface area contributed by atoms with Gasteiger partial charge >= 0.3 is 22.4 Å². The summed E-state index contributed by atoms with van der Waals surface area (Å²) >= 11 is 0. The molecule has 0 aliphatic heterocycles. The Labute approximate surface area is 253 Å². The Balaban J connectivity index is 1.43. The predicted molar refractivity (Wildman–Crippen MR) is 159 cm³/mol. The Morgan fingerprint density at radius 1 is 1.09 bits per heavy atom. The van der Waals surface area contributed by atoms with Gasteiger partial charge in [-0.1, -0.05) is 36.9 Å². The summed E-state index contributed by atoms with van der Waals surface area (Å²) in [6, 6.07) is 17.8. The highest BCUT2D eigenvalue weighted by atomic mass is 32.2. The smallest absolute Gasteiger partial charge is 0.416 e. The van der Waals surface area contributed by atoms with E-state index in [1.165, 1.54) is 19.2 Å². The maximum atomic E-state index is 13.4. The van der Waals surface area contributed by atoms with Crippen molar-refractivity contribution in [3.8, 4) is 17.2 Å². The van der Waals surface area contributed by atoms with E-state index >= 15 is 0 Å². The number of aromatic nitrogens is 1. The van der Waals surface area contributed by atoms with E-state index in [-0.39, 0.29) is 19.0 Å². The zero-order chi connectivity index (χ0) is 32.1. The molecule has 0 aliphatic rings. The SMILES string of the molecule is C=Cc1cccc(N(C)S(=O)(=O)N(CC(=O)O)Cc2cccc(OCCc3nc(-c4ccc(C(F)(F)F)cc4)oc3C)c2)c1. The van der Waals surface area contributed by atoms with Crippen LogP contribution in [0, 0.1) is 6.92 Å². The average molecular weight is 630 g/mol. The average Bonchev–Trinajstić information content (AvgIpc) is 3.36. The second kappa shape index (κ2) is 13.3. The first-order chi connectivity index (χ1) is 20.8. The lowest BCUT2D eigenvalue weighted by atomic mass is 10.1. The highest BCUT2D eigenvalue weighted by Gasteiger charge is 2.31. The fraction of sp³-hybridized carbons (Fsp3) is 0.226. The lowest BCUT2D eigenvalue weighted by molar-refractivity contribution is -0.138. The van der Waals surface area contributed by atoms with Crippen molar-refractivity contribution >= 4 is 27.9 Å². The Bertz CT molecular complexity index is 1740. The quantitative estimate of drug-likeness (QED) is 0.187. The van der Waals surface area contributed by atoms with E-state index in [2.05, 4.69) is 11.6 Å². The van der Waals surface area contributed by atoms with E-state index < -0.39 is 34.5 Å². The molecule has 0 aliphatic carbocycles. The highest BCUT2D eigenvalue weighted by Crippen LogP contribution is 2.31. The molecule has 0 bridgehead atoms. The number of aliphatic carboxylic acids is 1. The Hall–Kier alpha value is -4.62. The van der Waals surface area contributed by atoms with Gasteiger partial charge in [0, 0.05) is 25.6 Å². The molecule has 0 spiro atoms. The lowest BCUT2D eigenvalue weighted by Gasteiger charge is -2.28. The first kappa shape index (κ1) is 32.3. The number of carboxylic acid groups (broad SMARTS) is 1. The topological polar surface area (TPSA) is 113 Å². The van der Waals surface area contributed by atoms with Crippen LogP contribution in [-0.2, 0) is 34.1 Å². The summed E-state index contributed by atoms with van der Waals surface area (Å²) in [6.07, 6.45) is -2.54. The first-order valence-corrected chi connectivity index (χ1v) is 14.7. The molecule has 4 rings (SSSR count). The second-order valence-electron chi connectivity index (χ2n) is 9.78. The standard InChI is InChI=1S/C31H30F3N3O6S/c1-4-22-7-5-9-26(17-22)36(3)44(40,41)37(20-29(38)39)19-23-8-6-10-27(18-23)42-16-15-28-21(2)43-30(35-28)24-11-13-25(14-12-24)31(32,33)34/h4-14,17-18H,1,15-16,19-20H2,2-3H3,(H,38,39). The van der Waals surface area contributed by atoms with Gasteiger partial charge in [-0.05, 0) is 66.6 Å². The van der Waals surface area contributed by atoms with Crippen molar-refractivity contribution in [2.24, 2.45) is 0 Å². The largest absolute Gasteiger partial charge is 0.493 e. The van der Waals surface area contributed by atoms with Crippen molar-refractivity contribution in [3.05, 3.63) is 108 Å². The summed E-state index contributed by atoms with van der Waals surface area (Å²) in [6.45, 7) is 4.57. The van der Waals surface area contributed by atoms with Crippen molar-refractivity contribution in [1.82, 2.24) is 9.29 Å². The van der Waals surface area contributed by atoms with Gasteiger partial charge in [0.15, 0.2) is 0 Å². The third-order valence-corrected chi connectivity index (χ3v) is 8.48. The Morgan fingerprint density at radius 3 is 2.45 bits per heavy atom. The summed E-state index contributed by atoms with van der Waals surface area (Å²) in [4.78, 5) is 16.0. The van der Waals surface area contributed by atoms with Crippen molar-refractivity contribution in [1.29, 1.82) is 0 Å². The third-order valence-electron chi connectivity index (χ3n) is 6.67. The van der Waals surface area contributed by atoms with Crippen LogP contribution >= 0.6 is 0 Å². The summed E-state index contributed by atoms with van der Waals surface area (Å²) in [5.74, 6) is -0.206. The Kier molecular flexibility index (Phi) is 9.80. The van der Waals surface area contributed by atoms with Gasteiger partial charge in [-0.2, -0.15) is 25.9 Å². The number of hydrogen-bond donors (Lipinski definition) is 1. The van der Waals surface area contributed by atoms with Crippen molar-refractivity contribution < 1.29 is 40.6 Å². The lowest BCUT2D eigenvalue weighted by Crippen LogP contribution is -2.44. The molecule has 44 heavy (non-hydrogen) atoms. The molecule has 0 fully saturated rings. The van der Waals surface area contributed by atoms with Crippen LogP contribution < -0.4 is 9.04 Å². The Morgan fingerprint density at radius 2 is 1.80 bits per heavy atom. The molecule has 232 valence electrons. The molecule has 13 heteroatoms. The molecular weight excluding hydrogens is 599 g/mol. The van der Waals surface area contributed by atoms with Crippen LogP contribution in [0.4, 0.5) is 18.9 Å². The van der Waals surface area contributed by atoms with E-state index in [9.17, 15) is 31.5 Å². The van der Waals surface area contributed by atoms with Crippen LogP contribution in [0.25, 0.3) is 17.5 Å². The van der Waals surface area contributed by atoms with E-state index in [0.717, 1.165) is 20.7 Å². The third kappa shape index (κ3) is 7.85. The summed E-state index contributed by atoms with van der Waals surface area (Å²) in [5, 5.41) is 9.46. The summed E-state index contributed by atoms with van der Waals surface area (Å²) in [5.41, 5.74) is 1.76. The molecule has 3 aromatic carbocycles. The van der Waals surface area contributed by atoms with Gasteiger partial charge in [0.2, 0.25) is 5.89 Å². The first-order valence-electron chi connectivity index (χ1n) is 13.3. The number of benzene rings is 3. The minimum atomic E-state index is -4.44. The van der Waals surface area contributed by atoms with Gasteiger partial charge in [-0.3, -0.25) is 9.10 Å². The zero-order valence-corrected chi connectivity index (χ0v) is 24.7. The molecule has 0 amide bonds. The number of rotatable bonds is 13. The predicted octanol–water partition coefficient (Wildman–Crippen LogP) is 6.20. The molecule has 0 radical (unpaired) electrons. The molecule has 1 aromatic heterocycles. The van der Waals surface area contributed by atoms with Gasteiger partial charge < -0.3 is 14.3 Å². The molecule has 0 saturated carbocycles. The minimum Gasteiger partial charge on any atom is -0.493 e. The van der Waals surface area contributed by atoms with Gasteiger partial charge in [0.25, 0.3) is 0 Å². The molecule has 0 unspecified atom stereocenters. The molecule has 1 N–H and O–H groups in total. The number of anilines is 1. The van der Waals surface area contributed by atoms with E-state index in [0.29, 0.717) is 46.0 Å². The monoisotopic (exact) mass is 629 g/mol. The van der Waals surface area contributed by atoms with Crippen LogP contribution in [0.2, 0.25) is 0 Å². The number of ether oxygens (including phenoxy) is 1. The summed E-state index contributed by atoms with van der Waals surface area (Å²) in [7, 11) is -2.89. The minimum absolute atomic E-state index is 0.169. The fourth-order valence-electron chi connectivity index (χ4n) is 4.31. The van der Waals surface area contributed by atoms with E-state index in [1.807, 2.05) is 0 Å². The zero-order valence-electron chi connectivity index (χ0n) is 23.9. The normalized spacial score (nSPS) is 11.9. The fourth-order valence-corrected chi connectivity index (χ4v) is 5.62. The molecule has 4 aromatic rings. The van der Waals surface area contributed by atoms with Crippen molar-refractivity contribution in [3.63, 3.8) is 0 Å². The number of nitrogens with zero attached hydrogens (tertiary/aromatic N) is 3. The number of hydrogen-bond acceptors (Lipinski definition) is 6. The van der Waals surface area contributed by atoms with Crippen LogP contribution in [0.15, 0.2) is 83.8 Å². The molecule has 9 nitrogen and oxygen atoms in total. The van der Waals surface area contributed by atoms with E-state index in [1.54, 1.807) is 61.5 Å². The van der Waals surface area contributed by atoms with Crippen LogP contribution in [0.5, 0.6) is 5.75 Å². The van der Waals surface area contributed by atoms with Gasteiger partial charge in [-0.15, -0.1) is 0 Å². The van der Waals surface area contributed by atoms with Crippen LogP contribution in [-0.4, -0.2) is 49.0 Å². The number of halogens is 3. The number of oxazole rings is 1. The number of aryl methyl sites for hydroxylation is 1.